The van der Waals surface area contributed by atoms with Gasteiger partial charge in [0, 0.05) is 6.42 Å². The minimum absolute atomic E-state index is 0.159. The molecule has 0 aromatic rings. The second-order valence-corrected chi connectivity index (χ2v) is 17.2. The number of carbonyl (C=O) groups is 1. The zero-order valence-corrected chi connectivity index (χ0v) is 39.5. The van der Waals surface area contributed by atoms with E-state index >= 15 is 0 Å². The van der Waals surface area contributed by atoms with E-state index < -0.39 is 124 Å². The number of hydrogen-bond acceptors (Lipinski definition) is 18. The van der Waals surface area contributed by atoms with Crippen LogP contribution >= 0.6 is 0 Å². The number of amides is 1. The first-order valence-corrected chi connectivity index (χ1v) is 24.2. The van der Waals surface area contributed by atoms with Gasteiger partial charge in [0.15, 0.2) is 18.9 Å². The molecular formula is C49H81NO18. The summed E-state index contributed by atoms with van der Waals surface area (Å²) in [6.45, 7) is 1.40. The number of carbonyl (C=O) groups excluding carboxylic acids is 1. The van der Waals surface area contributed by atoms with Crippen molar-refractivity contribution in [3.8, 4) is 0 Å². The van der Waals surface area contributed by atoms with Crippen molar-refractivity contribution in [3.63, 3.8) is 0 Å². The molecule has 17 unspecified atom stereocenters. The van der Waals surface area contributed by atoms with Crippen molar-refractivity contribution in [2.45, 2.75) is 202 Å². The predicted molar refractivity (Wildman–Crippen MR) is 249 cm³/mol. The van der Waals surface area contributed by atoms with Gasteiger partial charge in [-0.05, 0) is 57.8 Å². The highest BCUT2D eigenvalue weighted by molar-refractivity contribution is 5.76. The first-order valence-electron chi connectivity index (χ1n) is 24.2. The van der Waals surface area contributed by atoms with Crippen molar-refractivity contribution < 1.29 is 89.4 Å². The number of hydrogen-bond donors (Lipinski definition) is 12. The molecule has 3 saturated heterocycles. The van der Waals surface area contributed by atoms with E-state index in [1.165, 1.54) is 0 Å². The van der Waals surface area contributed by atoms with Gasteiger partial charge in [-0.3, -0.25) is 4.79 Å². The van der Waals surface area contributed by atoms with E-state index in [-0.39, 0.29) is 18.9 Å². The van der Waals surface area contributed by atoms with Crippen LogP contribution in [0.15, 0.2) is 72.9 Å². The molecular weight excluding hydrogens is 891 g/mol. The summed E-state index contributed by atoms with van der Waals surface area (Å²) in [7, 11) is 0. The Hall–Kier alpha value is -2.77. The number of nitrogens with one attached hydrogen (secondary N) is 1. The minimum atomic E-state index is -1.98. The zero-order chi connectivity index (χ0) is 49.8. The first kappa shape index (κ1) is 59.5. The SMILES string of the molecule is CC/C=C\C/C=C\C/C=C\C/C=C\C/C=C\CCCC(=O)NC(COC1OC(CO)C(OC2OC(CO)C(OC3OC(CO)C(O)C(O)C3O)C(O)C2O)C(O)C1O)C(O)/C=C/CCCCCC. The fourth-order valence-corrected chi connectivity index (χ4v) is 7.69. The second-order valence-electron chi connectivity index (χ2n) is 17.2. The number of aliphatic hydroxyl groups excluding tert-OH is 11. The summed E-state index contributed by atoms with van der Waals surface area (Å²) in [6.07, 6.45) is 8.28. The third kappa shape index (κ3) is 19.8. The molecule has 12 N–H and O–H groups in total. The van der Waals surface area contributed by atoms with Crippen molar-refractivity contribution >= 4 is 5.91 Å². The van der Waals surface area contributed by atoms with Crippen molar-refractivity contribution in [1.82, 2.24) is 5.32 Å². The molecule has 0 aliphatic carbocycles. The molecule has 0 spiro atoms. The average Bonchev–Trinajstić information content (AvgIpc) is 3.33. The van der Waals surface area contributed by atoms with Crippen LogP contribution in [0.1, 0.15) is 97.3 Å². The highest BCUT2D eigenvalue weighted by Crippen LogP contribution is 2.33. The smallest absolute Gasteiger partial charge is 0.220 e. The van der Waals surface area contributed by atoms with Crippen LogP contribution < -0.4 is 5.32 Å². The Morgan fingerprint density at radius 3 is 1.54 bits per heavy atom. The second kappa shape index (κ2) is 33.7. The maximum absolute atomic E-state index is 13.1. The molecule has 0 radical (unpaired) electrons. The van der Waals surface area contributed by atoms with Crippen molar-refractivity contribution in [1.29, 1.82) is 0 Å². The van der Waals surface area contributed by atoms with Crippen LogP contribution in [0.25, 0.3) is 0 Å². The van der Waals surface area contributed by atoms with Gasteiger partial charge in [0.2, 0.25) is 5.91 Å². The maximum Gasteiger partial charge on any atom is 0.220 e. The van der Waals surface area contributed by atoms with Gasteiger partial charge >= 0.3 is 0 Å². The Morgan fingerprint density at radius 2 is 1.01 bits per heavy atom. The van der Waals surface area contributed by atoms with Crippen LogP contribution in [0.5, 0.6) is 0 Å². The Morgan fingerprint density at radius 1 is 0.544 bits per heavy atom. The number of allylic oxidation sites excluding steroid dienone is 11. The molecule has 3 aliphatic heterocycles. The highest BCUT2D eigenvalue weighted by Gasteiger charge is 2.53. The van der Waals surface area contributed by atoms with Crippen molar-refractivity contribution in [2.75, 3.05) is 26.4 Å². The molecule has 0 bridgehead atoms. The molecule has 0 saturated carbocycles. The van der Waals surface area contributed by atoms with Gasteiger partial charge < -0.3 is 89.9 Å². The largest absolute Gasteiger partial charge is 0.394 e. The zero-order valence-electron chi connectivity index (χ0n) is 39.5. The number of unbranched alkanes of at least 4 members (excludes halogenated alkanes) is 5. The van der Waals surface area contributed by atoms with E-state index in [9.17, 15) is 61.0 Å². The van der Waals surface area contributed by atoms with Gasteiger partial charge in [0.1, 0.15) is 73.2 Å². The molecule has 1 amide bonds. The summed E-state index contributed by atoms with van der Waals surface area (Å²) in [6, 6.07) is -1.00. The molecule has 68 heavy (non-hydrogen) atoms. The average molecular weight is 972 g/mol. The number of ether oxygens (including phenoxy) is 6. The van der Waals surface area contributed by atoms with Gasteiger partial charge in [-0.1, -0.05) is 106 Å². The molecule has 0 aromatic carbocycles. The van der Waals surface area contributed by atoms with Gasteiger partial charge in [-0.2, -0.15) is 0 Å². The monoisotopic (exact) mass is 972 g/mol. The Kier molecular flexibility index (Phi) is 29.5. The molecule has 3 fully saturated rings. The summed E-state index contributed by atoms with van der Waals surface area (Å²) in [5, 5.41) is 119. The molecule has 17 atom stereocenters. The van der Waals surface area contributed by atoms with Crippen LogP contribution in [0.4, 0.5) is 0 Å². The Labute approximate surface area is 400 Å². The summed E-state index contributed by atoms with van der Waals surface area (Å²) in [5.41, 5.74) is 0. The maximum atomic E-state index is 13.1. The van der Waals surface area contributed by atoms with E-state index in [4.69, 9.17) is 28.4 Å². The van der Waals surface area contributed by atoms with Crippen LogP contribution in [0.2, 0.25) is 0 Å². The van der Waals surface area contributed by atoms with E-state index in [1.807, 2.05) is 18.2 Å². The van der Waals surface area contributed by atoms with Crippen LogP contribution in [0.3, 0.4) is 0 Å². The molecule has 0 aromatic heterocycles. The molecule has 3 aliphatic rings. The van der Waals surface area contributed by atoms with Crippen LogP contribution in [0, 0.1) is 0 Å². The molecule has 19 heteroatoms. The normalized spacial score (nSPS) is 33.8. The molecule has 19 nitrogen and oxygen atoms in total. The number of rotatable bonds is 31. The minimum Gasteiger partial charge on any atom is -0.394 e. The van der Waals surface area contributed by atoms with Crippen molar-refractivity contribution in [2.24, 2.45) is 0 Å². The third-order valence-electron chi connectivity index (χ3n) is 11.8. The lowest BCUT2D eigenvalue weighted by Crippen LogP contribution is -2.66. The highest BCUT2D eigenvalue weighted by atomic mass is 16.8. The lowest BCUT2D eigenvalue weighted by Gasteiger charge is -2.48. The number of aliphatic hydroxyl groups is 11. The first-order chi connectivity index (χ1) is 32.8. The topological polar surface area (TPSA) is 307 Å². The van der Waals surface area contributed by atoms with E-state index in [0.29, 0.717) is 19.3 Å². The quantitative estimate of drug-likeness (QED) is 0.0337. The lowest BCUT2D eigenvalue weighted by molar-refractivity contribution is -0.379. The van der Waals surface area contributed by atoms with Crippen LogP contribution in [-0.4, -0.2) is 193 Å². The third-order valence-corrected chi connectivity index (χ3v) is 11.8. The molecule has 390 valence electrons. The van der Waals surface area contributed by atoms with Gasteiger partial charge in [-0.15, -0.1) is 0 Å². The van der Waals surface area contributed by atoms with E-state index in [1.54, 1.807) is 6.08 Å². The summed E-state index contributed by atoms with van der Waals surface area (Å²) >= 11 is 0. The fraction of sp³-hybridized carbons (Fsp3) is 0.735. The predicted octanol–water partition coefficient (Wildman–Crippen LogP) is 0.745. The summed E-state index contributed by atoms with van der Waals surface area (Å²) in [5.74, 6) is -0.344. The molecule has 3 heterocycles. The van der Waals surface area contributed by atoms with Gasteiger partial charge in [0.05, 0.1) is 38.6 Å². The van der Waals surface area contributed by atoms with Crippen molar-refractivity contribution in [3.05, 3.63) is 72.9 Å². The summed E-state index contributed by atoms with van der Waals surface area (Å²) in [4.78, 5) is 13.1. The van der Waals surface area contributed by atoms with E-state index in [2.05, 4.69) is 67.8 Å². The van der Waals surface area contributed by atoms with Gasteiger partial charge in [-0.25, -0.2) is 0 Å². The molecule has 3 rings (SSSR count). The lowest BCUT2D eigenvalue weighted by atomic mass is 9.96. The Bertz CT molecular complexity index is 1540. The van der Waals surface area contributed by atoms with Crippen LogP contribution in [-0.2, 0) is 33.2 Å². The Balaban J connectivity index is 1.55. The standard InChI is InChI=1S/C49H81NO18/c1-3-5-7-9-11-12-13-14-15-16-17-18-19-20-21-23-25-27-37(55)50-32(33(54)26-24-22-10-8-6-4-2)31-63-47-43(61)40(58)45(35(29-52)65-47)68-49-44(62)41(59)46(36(30-53)66-49)67-48-42(60)39(57)38(56)34(28-51)64-48/h5,7,11-12,14-15,17-18,20-21,24,26,32-36,38-49,51-54,56-62H,3-4,6,8-10,13,16,19,22-23,25,27-31H2,1-2H3,(H,50,55)/b7-5-,12-11-,15-14-,18-17-,21-20-,26-24+. The van der Waals surface area contributed by atoms with Gasteiger partial charge in [0.25, 0.3) is 0 Å². The summed E-state index contributed by atoms with van der Waals surface area (Å²) < 4.78 is 33.9. The van der Waals surface area contributed by atoms with E-state index in [0.717, 1.165) is 57.8 Å². The fourth-order valence-electron chi connectivity index (χ4n) is 7.69.